The molecular formula is C10H11NO5S. The van der Waals surface area contributed by atoms with Gasteiger partial charge in [-0.25, -0.2) is 13.2 Å². The third-order valence-corrected chi connectivity index (χ3v) is 3.15. The summed E-state index contributed by atoms with van der Waals surface area (Å²) in [5.74, 6) is -0.722. The Morgan fingerprint density at radius 2 is 2.06 bits per heavy atom. The lowest BCUT2D eigenvalue weighted by atomic mass is 10.2. The first-order valence-corrected chi connectivity index (χ1v) is 6.42. The van der Waals surface area contributed by atoms with E-state index in [1.165, 1.54) is 19.2 Å². The number of benzene rings is 1. The van der Waals surface area contributed by atoms with Crippen LogP contribution in [0.5, 0.6) is 0 Å². The van der Waals surface area contributed by atoms with Crippen molar-refractivity contribution in [2.24, 2.45) is 0 Å². The van der Waals surface area contributed by atoms with Crippen LogP contribution in [0.4, 0.5) is 5.69 Å². The number of carbonyl (C=O) groups excluding carboxylic acids is 2. The minimum Gasteiger partial charge on any atom is -0.465 e. The topological polar surface area (TPSA) is 89.5 Å². The summed E-state index contributed by atoms with van der Waals surface area (Å²) in [7, 11) is -2.26. The Labute approximate surface area is 98.5 Å². The van der Waals surface area contributed by atoms with Gasteiger partial charge in [0.25, 0.3) is 0 Å². The van der Waals surface area contributed by atoms with Crippen LogP contribution in [0.15, 0.2) is 23.1 Å². The number of anilines is 1. The average Bonchev–Trinajstić information content (AvgIpc) is 2.27. The molecule has 7 heteroatoms. The summed E-state index contributed by atoms with van der Waals surface area (Å²) < 4.78 is 27.1. The molecule has 0 atom stereocenters. The van der Waals surface area contributed by atoms with Gasteiger partial charge in [-0.05, 0) is 18.2 Å². The second-order valence-corrected chi connectivity index (χ2v) is 5.25. The Kier molecular flexibility index (Phi) is 3.84. The van der Waals surface area contributed by atoms with Gasteiger partial charge in [0.05, 0.1) is 23.3 Å². The molecule has 0 aliphatic carbocycles. The van der Waals surface area contributed by atoms with Crippen LogP contribution in [-0.4, -0.2) is 34.2 Å². The quantitative estimate of drug-likeness (QED) is 0.624. The first-order valence-electron chi connectivity index (χ1n) is 4.52. The summed E-state index contributed by atoms with van der Waals surface area (Å²) in [6.45, 7) is 0. The summed E-state index contributed by atoms with van der Waals surface area (Å²) >= 11 is 0. The van der Waals surface area contributed by atoms with Gasteiger partial charge >= 0.3 is 5.97 Å². The maximum Gasteiger partial charge on any atom is 0.340 e. The van der Waals surface area contributed by atoms with Gasteiger partial charge < -0.3 is 10.1 Å². The maximum absolute atomic E-state index is 11.4. The third-order valence-electron chi connectivity index (χ3n) is 2.04. The van der Waals surface area contributed by atoms with Crippen LogP contribution in [0.25, 0.3) is 0 Å². The molecule has 6 nitrogen and oxygen atoms in total. The zero-order valence-electron chi connectivity index (χ0n) is 9.26. The number of hydrogen-bond donors (Lipinski definition) is 1. The zero-order valence-corrected chi connectivity index (χ0v) is 10.1. The van der Waals surface area contributed by atoms with Crippen molar-refractivity contribution < 1.29 is 22.7 Å². The molecule has 0 bridgehead atoms. The highest BCUT2D eigenvalue weighted by Crippen LogP contribution is 2.20. The summed E-state index contributed by atoms with van der Waals surface area (Å²) in [5.41, 5.74) is 0.182. The normalized spacial score (nSPS) is 10.7. The lowest BCUT2D eigenvalue weighted by Crippen LogP contribution is -2.09. The molecule has 1 aromatic carbocycles. The minimum atomic E-state index is -3.42. The Morgan fingerprint density at radius 3 is 2.53 bits per heavy atom. The number of ether oxygens (including phenoxy) is 1. The van der Waals surface area contributed by atoms with E-state index < -0.39 is 15.8 Å². The van der Waals surface area contributed by atoms with E-state index in [0.717, 1.165) is 12.3 Å². The monoisotopic (exact) mass is 257 g/mol. The van der Waals surface area contributed by atoms with Gasteiger partial charge in [-0.1, -0.05) is 0 Å². The molecule has 0 heterocycles. The van der Waals surface area contributed by atoms with Crippen molar-refractivity contribution in [3.05, 3.63) is 23.8 Å². The van der Waals surface area contributed by atoms with Crippen molar-refractivity contribution in [2.45, 2.75) is 4.90 Å². The average molecular weight is 257 g/mol. The van der Waals surface area contributed by atoms with E-state index in [1.54, 1.807) is 0 Å². The number of hydrogen-bond acceptors (Lipinski definition) is 5. The molecule has 1 N–H and O–H groups in total. The van der Waals surface area contributed by atoms with Crippen molar-refractivity contribution in [1.82, 2.24) is 0 Å². The van der Waals surface area contributed by atoms with Gasteiger partial charge in [-0.2, -0.15) is 0 Å². The number of nitrogens with one attached hydrogen (secondary N) is 1. The van der Waals surface area contributed by atoms with E-state index in [1.807, 2.05) is 0 Å². The van der Waals surface area contributed by atoms with E-state index in [9.17, 15) is 18.0 Å². The molecule has 1 amide bonds. The van der Waals surface area contributed by atoms with Gasteiger partial charge in [0.1, 0.15) is 0 Å². The summed E-state index contributed by atoms with van der Waals surface area (Å²) in [6.07, 6.45) is 1.41. The lowest BCUT2D eigenvalue weighted by molar-refractivity contribution is -0.105. The number of amides is 1. The van der Waals surface area contributed by atoms with Crippen molar-refractivity contribution in [1.29, 1.82) is 0 Å². The Bertz CT molecular complexity index is 550. The Balaban J connectivity index is 3.38. The van der Waals surface area contributed by atoms with E-state index in [4.69, 9.17) is 0 Å². The third kappa shape index (κ3) is 3.04. The first kappa shape index (κ1) is 13.2. The molecular weight excluding hydrogens is 246 g/mol. The number of methoxy groups -OCH3 is 1. The van der Waals surface area contributed by atoms with Crippen molar-refractivity contribution in [2.75, 3.05) is 18.7 Å². The molecule has 0 aromatic heterocycles. The second kappa shape index (κ2) is 4.96. The zero-order chi connectivity index (χ0) is 13.1. The van der Waals surface area contributed by atoms with Crippen LogP contribution in [-0.2, 0) is 19.4 Å². The molecule has 0 unspecified atom stereocenters. The number of rotatable bonds is 4. The number of carbonyl (C=O) groups is 2. The fraction of sp³-hybridized carbons (Fsp3) is 0.200. The Morgan fingerprint density at radius 1 is 1.41 bits per heavy atom. The first-order chi connectivity index (χ1) is 7.90. The van der Waals surface area contributed by atoms with Crippen LogP contribution < -0.4 is 5.32 Å². The smallest absolute Gasteiger partial charge is 0.340 e. The van der Waals surface area contributed by atoms with Crippen LogP contribution in [0.1, 0.15) is 10.4 Å². The number of sulfone groups is 1. The van der Waals surface area contributed by atoms with Crippen molar-refractivity contribution in [3.8, 4) is 0 Å². The van der Waals surface area contributed by atoms with Gasteiger partial charge in [0, 0.05) is 6.26 Å². The summed E-state index contributed by atoms with van der Waals surface area (Å²) in [5, 5.41) is 2.29. The molecule has 0 aliphatic rings. The second-order valence-electron chi connectivity index (χ2n) is 3.23. The van der Waals surface area contributed by atoms with Crippen LogP contribution in [0.3, 0.4) is 0 Å². The molecule has 17 heavy (non-hydrogen) atoms. The van der Waals surface area contributed by atoms with Gasteiger partial charge in [-0.3, -0.25) is 4.79 Å². The molecule has 0 radical (unpaired) electrons. The molecule has 0 saturated carbocycles. The summed E-state index contributed by atoms with van der Waals surface area (Å²) in [4.78, 5) is 21.7. The van der Waals surface area contributed by atoms with Gasteiger partial charge in [0.2, 0.25) is 6.41 Å². The Hall–Kier alpha value is -1.89. The summed E-state index contributed by atoms with van der Waals surface area (Å²) in [6, 6.07) is 3.79. The van der Waals surface area contributed by atoms with Crippen LogP contribution >= 0.6 is 0 Å². The van der Waals surface area contributed by atoms with E-state index in [2.05, 4.69) is 10.1 Å². The maximum atomic E-state index is 11.4. The van der Waals surface area contributed by atoms with Gasteiger partial charge in [-0.15, -0.1) is 0 Å². The SMILES string of the molecule is COC(=O)c1cc(S(C)(=O)=O)ccc1NC=O. The lowest BCUT2D eigenvalue weighted by Gasteiger charge is -2.08. The van der Waals surface area contributed by atoms with Gasteiger partial charge in [0.15, 0.2) is 9.84 Å². The predicted octanol–water partition coefficient (Wildman–Crippen LogP) is 0.445. The highest BCUT2D eigenvalue weighted by atomic mass is 32.2. The molecule has 0 spiro atoms. The fourth-order valence-electron chi connectivity index (χ4n) is 1.22. The minimum absolute atomic E-state index is 0.0116. The number of esters is 1. The molecule has 0 fully saturated rings. The highest BCUT2D eigenvalue weighted by Gasteiger charge is 2.16. The molecule has 1 aromatic rings. The van der Waals surface area contributed by atoms with E-state index in [-0.39, 0.29) is 16.1 Å². The molecule has 0 saturated heterocycles. The molecule has 0 aliphatic heterocycles. The van der Waals surface area contributed by atoms with Crippen LogP contribution in [0, 0.1) is 0 Å². The largest absolute Gasteiger partial charge is 0.465 e. The fourth-order valence-corrected chi connectivity index (χ4v) is 1.87. The highest BCUT2D eigenvalue weighted by molar-refractivity contribution is 7.90. The van der Waals surface area contributed by atoms with Crippen molar-refractivity contribution >= 4 is 27.9 Å². The molecule has 92 valence electrons. The van der Waals surface area contributed by atoms with E-state index >= 15 is 0 Å². The molecule has 1 rings (SSSR count). The predicted molar refractivity (Wildman–Crippen MR) is 60.6 cm³/mol. The standard InChI is InChI=1S/C10H11NO5S/c1-16-10(13)8-5-7(17(2,14)15)3-4-9(8)11-6-12/h3-6H,1-2H3,(H,11,12). The van der Waals surface area contributed by atoms with E-state index in [0.29, 0.717) is 6.41 Å². The van der Waals surface area contributed by atoms with Crippen molar-refractivity contribution in [3.63, 3.8) is 0 Å². The van der Waals surface area contributed by atoms with Crippen LogP contribution in [0.2, 0.25) is 0 Å².